The van der Waals surface area contributed by atoms with Crippen molar-refractivity contribution in [3.05, 3.63) is 5.89 Å². The van der Waals surface area contributed by atoms with E-state index in [2.05, 4.69) is 10.1 Å². The van der Waals surface area contributed by atoms with E-state index in [-0.39, 0.29) is 17.6 Å². The van der Waals surface area contributed by atoms with Gasteiger partial charge >= 0.3 is 0 Å². The Balaban J connectivity index is 0. The summed E-state index contributed by atoms with van der Waals surface area (Å²) in [5, 5.41) is 3.76. The van der Waals surface area contributed by atoms with Gasteiger partial charge in [0.2, 0.25) is 11.8 Å². The Morgan fingerprint density at radius 1 is 1.32 bits per heavy atom. The zero-order valence-electron chi connectivity index (χ0n) is 12.9. The highest BCUT2D eigenvalue weighted by molar-refractivity contribution is 7.84. The molecule has 0 aliphatic rings. The normalized spacial score (nSPS) is 10.5. The summed E-state index contributed by atoms with van der Waals surface area (Å²) < 4.78 is 16.2. The molecule has 0 aromatic carbocycles. The molecule has 0 spiro atoms. The second kappa shape index (κ2) is 11.8. The molecule has 0 aliphatic carbocycles. The fraction of sp³-hybridized carbons (Fsp3) is 0.750. The molecule has 0 fully saturated rings. The topological polar surface area (TPSA) is 76.3 Å². The van der Waals surface area contributed by atoms with Crippen LogP contribution in [0.25, 0.3) is 0 Å². The molecular weight excluding hydrogens is 266 g/mol. The number of carbonyl (C=O) groups is 1. The molecule has 6 nitrogen and oxygen atoms in total. The Morgan fingerprint density at radius 3 is 2.26 bits per heavy atom. The van der Waals surface area contributed by atoms with E-state index in [1.165, 1.54) is 11.8 Å². The van der Waals surface area contributed by atoms with Crippen LogP contribution in [0.1, 0.15) is 47.4 Å². The molecule has 19 heavy (non-hydrogen) atoms. The Labute approximate surface area is 118 Å². The molecule has 1 atom stereocenters. The molecule has 0 aliphatic heterocycles. The predicted octanol–water partition coefficient (Wildman–Crippen LogP) is 2.23. The highest BCUT2D eigenvalue weighted by Gasteiger charge is 2.13. The van der Waals surface area contributed by atoms with Crippen molar-refractivity contribution < 1.29 is 13.5 Å². The predicted molar refractivity (Wildman–Crippen MR) is 76.1 cm³/mol. The van der Waals surface area contributed by atoms with Crippen LogP contribution in [0.4, 0.5) is 0 Å². The van der Waals surface area contributed by atoms with Crippen LogP contribution in [0.2, 0.25) is 0 Å². The van der Waals surface area contributed by atoms with Crippen LogP contribution in [0.3, 0.4) is 0 Å². The van der Waals surface area contributed by atoms with Crippen LogP contribution >= 0.6 is 0 Å². The molecular formula is C12H25N3O3S. The van der Waals surface area contributed by atoms with Crippen LogP contribution < -0.4 is 0 Å². The minimum absolute atomic E-state index is 0.0913. The molecule has 1 aromatic rings. The monoisotopic (exact) mass is 291 g/mol. The summed E-state index contributed by atoms with van der Waals surface area (Å²) in [6.45, 7) is 11.5. The van der Waals surface area contributed by atoms with Crippen molar-refractivity contribution in [3.8, 4) is 0 Å². The van der Waals surface area contributed by atoms with Crippen LogP contribution in [-0.4, -0.2) is 38.0 Å². The number of nitrogens with zero attached hydrogens (tertiary/aromatic N) is 3. The third-order valence-electron chi connectivity index (χ3n) is 1.83. The smallest absolute Gasteiger partial charge is 0.260 e. The quantitative estimate of drug-likeness (QED) is 0.850. The minimum atomic E-state index is -1.21. The molecule has 1 aromatic heterocycles. The fourth-order valence-corrected chi connectivity index (χ4v) is 1.42. The van der Waals surface area contributed by atoms with Gasteiger partial charge in [-0.05, 0) is 5.16 Å². The second-order valence-electron chi connectivity index (χ2n) is 2.98. The van der Waals surface area contributed by atoms with Gasteiger partial charge in [0.25, 0.3) is 5.16 Å². The first-order valence-corrected chi connectivity index (χ1v) is 7.79. The second-order valence-corrected chi connectivity index (χ2v) is 4.61. The van der Waals surface area contributed by atoms with Crippen molar-refractivity contribution in [2.24, 2.45) is 0 Å². The molecule has 0 saturated heterocycles. The first kappa shape index (κ1) is 20.1. The van der Waals surface area contributed by atoms with Gasteiger partial charge in [0, 0.05) is 19.7 Å². The third kappa shape index (κ3) is 7.71. The van der Waals surface area contributed by atoms with E-state index in [0.717, 1.165) is 0 Å². The number of aromatic nitrogens is 2. The number of carbonyl (C=O) groups excluding carboxylic acids is 1. The molecule has 1 amide bonds. The summed E-state index contributed by atoms with van der Waals surface area (Å²) in [6.07, 6.45) is 0. The standard InChI is InChI=1S/C8H13N3O3S.2C2H6/c1-4-15(13)8-9-7(14-10-8)5-11(3)6(2)12;2*1-2/h4-5H2,1-3H3;2*1-2H3. The van der Waals surface area contributed by atoms with Crippen molar-refractivity contribution in [3.63, 3.8) is 0 Å². The summed E-state index contributed by atoms with van der Waals surface area (Å²) in [7, 11) is 0.413. The molecule has 7 heteroatoms. The lowest BCUT2D eigenvalue weighted by Crippen LogP contribution is -2.23. The molecule has 1 heterocycles. The van der Waals surface area contributed by atoms with E-state index in [1.807, 2.05) is 27.7 Å². The van der Waals surface area contributed by atoms with Crippen LogP contribution in [0, 0.1) is 0 Å². The van der Waals surface area contributed by atoms with Gasteiger partial charge in [-0.25, -0.2) is 0 Å². The van der Waals surface area contributed by atoms with E-state index in [0.29, 0.717) is 11.6 Å². The molecule has 112 valence electrons. The summed E-state index contributed by atoms with van der Waals surface area (Å²) in [4.78, 5) is 16.3. The van der Waals surface area contributed by atoms with Crippen molar-refractivity contribution in [1.82, 2.24) is 15.0 Å². The van der Waals surface area contributed by atoms with E-state index in [9.17, 15) is 9.00 Å². The largest absolute Gasteiger partial charge is 0.337 e. The average Bonchev–Trinajstić information content (AvgIpc) is 2.90. The first-order valence-electron chi connectivity index (χ1n) is 6.47. The molecule has 0 radical (unpaired) electrons. The molecule has 1 unspecified atom stereocenters. The Morgan fingerprint density at radius 2 is 1.84 bits per heavy atom. The summed E-state index contributed by atoms with van der Waals surface area (Å²) in [5.41, 5.74) is 0. The van der Waals surface area contributed by atoms with Gasteiger partial charge in [-0.15, -0.1) is 0 Å². The lowest BCUT2D eigenvalue weighted by atomic mass is 10.5. The van der Waals surface area contributed by atoms with Crippen molar-refractivity contribution in [1.29, 1.82) is 0 Å². The highest BCUT2D eigenvalue weighted by atomic mass is 32.2. The summed E-state index contributed by atoms with van der Waals surface area (Å²) >= 11 is 0. The number of rotatable bonds is 4. The van der Waals surface area contributed by atoms with Crippen LogP contribution in [0.5, 0.6) is 0 Å². The number of amides is 1. The maximum atomic E-state index is 11.3. The van der Waals surface area contributed by atoms with Crippen molar-refractivity contribution in [2.75, 3.05) is 12.8 Å². The third-order valence-corrected chi connectivity index (χ3v) is 2.92. The van der Waals surface area contributed by atoms with Gasteiger partial charge in [-0.2, -0.15) is 4.98 Å². The van der Waals surface area contributed by atoms with Gasteiger partial charge < -0.3 is 9.42 Å². The maximum Gasteiger partial charge on any atom is 0.260 e. The van der Waals surface area contributed by atoms with Crippen molar-refractivity contribution >= 4 is 16.7 Å². The van der Waals surface area contributed by atoms with E-state index in [1.54, 1.807) is 14.0 Å². The lowest BCUT2D eigenvalue weighted by Gasteiger charge is -2.10. The Bertz CT molecular complexity index is 380. The lowest BCUT2D eigenvalue weighted by molar-refractivity contribution is -0.128. The van der Waals surface area contributed by atoms with E-state index in [4.69, 9.17) is 4.52 Å². The van der Waals surface area contributed by atoms with Crippen LogP contribution in [0.15, 0.2) is 9.68 Å². The summed E-state index contributed by atoms with van der Waals surface area (Å²) in [6, 6.07) is 0. The molecule has 0 N–H and O–H groups in total. The molecule has 1 rings (SSSR count). The van der Waals surface area contributed by atoms with Gasteiger partial charge in [-0.3, -0.25) is 9.00 Å². The van der Waals surface area contributed by atoms with Gasteiger partial charge in [0.1, 0.15) is 0 Å². The fourth-order valence-electron chi connectivity index (χ4n) is 0.839. The van der Waals surface area contributed by atoms with Gasteiger partial charge in [0.15, 0.2) is 0 Å². The zero-order valence-corrected chi connectivity index (χ0v) is 13.7. The van der Waals surface area contributed by atoms with Crippen LogP contribution in [-0.2, 0) is 22.1 Å². The van der Waals surface area contributed by atoms with Gasteiger partial charge in [-0.1, -0.05) is 34.6 Å². The Hall–Kier alpha value is -1.24. The van der Waals surface area contributed by atoms with E-state index >= 15 is 0 Å². The van der Waals surface area contributed by atoms with E-state index < -0.39 is 10.8 Å². The maximum absolute atomic E-state index is 11.3. The minimum Gasteiger partial charge on any atom is -0.337 e. The molecule has 0 bridgehead atoms. The van der Waals surface area contributed by atoms with Gasteiger partial charge in [0.05, 0.1) is 17.3 Å². The zero-order chi connectivity index (χ0) is 15.4. The number of hydrogen-bond donors (Lipinski definition) is 0. The summed E-state index contributed by atoms with van der Waals surface area (Å²) in [5.74, 6) is 0.650. The highest BCUT2D eigenvalue weighted by Crippen LogP contribution is 2.04. The molecule has 0 saturated carbocycles. The Kier molecular flexibility index (Phi) is 12.5. The van der Waals surface area contributed by atoms with Crippen molar-refractivity contribution in [2.45, 2.75) is 53.2 Å². The first-order chi connectivity index (χ1) is 9.04. The SMILES string of the molecule is CC.CC.CCS(=O)c1noc(CN(C)C(C)=O)n1. The number of hydrogen-bond acceptors (Lipinski definition) is 5. The average molecular weight is 291 g/mol.